The SMILES string of the molecule is CCOc1ccc(N(CC(=O)Nc2ccccc2CC)S(=O)(=O)C2C(=O)NC(=O)N=C2C)cc1. The Labute approximate surface area is 198 Å². The number of urea groups is 1. The highest BCUT2D eigenvalue weighted by atomic mass is 32.2. The number of aliphatic imine (C=N–C) groups is 1. The average Bonchev–Trinajstić information content (AvgIpc) is 2.78. The van der Waals surface area contributed by atoms with E-state index in [1.807, 2.05) is 31.3 Å². The van der Waals surface area contributed by atoms with Crippen molar-refractivity contribution < 1.29 is 27.5 Å². The van der Waals surface area contributed by atoms with Crippen molar-refractivity contribution in [1.29, 1.82) is 0 Å². The summed E-state index contributed by atoms with van der Waals surface area (Å²) in [5.74, 6) is -1.10. The van der Waals surface area contributed by atoms with E-state index in [2.05, 4.69) is 10.3 Å². The van der Waals surface area contributed by atoms with E-state index in [0.29, 0.717) is 24.5 Å². The van der Waals surface area contributed by atoms with Crippen molar-refractivity contribution in [2.24, 2.45) is 4.99 Å². The molecule has 2 aromatic carbocycles. The van der Waals surface area contributed by atoms with Crippen LogP contribution in [-0.4, -0.2) is 50.4 Å². The minimum Gasteiger partial charge on any atom is -0.494 e. The summed E-state index contributed by atoms with van der Waals surface area (Å²) in [6.45, 7) is 4.86. The van der Waals surface area contributed by atoms with E-state index in [-0.39, 0.29) is 11.4 Å². The fraction of sp³-hybridized carbons (Fsp3) is 0.304. The zero-order valence-electron chi connectivity index (χ0n) is 19.1. The van der Waals surface area contributed by atoms with Gasteiger partial charge in [-0.05, 0) is 56.2 Å². The van der Waals surface area contributed by atoms with Gasteiger partial charge in [0.25, 0.3) is 15.9 Å². The minimum absolute atomic E-state index is 0.153. The van der Waals surface area contributed by atoms with Crippen molar-refractivity contribution in [2.45, 2.75) is 32.4 Å². The molecule has 0 aliphatic carbocycles. The second kappa shape index (κ2) is 10.5. The third kappa shape index (κ3) is 5.42. The number of amides is 4. The van der Waals surface area contributed by atoms with E-state index in [1.54, 1.807) is 24.3 Å². The molecule has 1 heterocycles. The van der Waals surface area contributed by atoms with E-state index >= 15 is 0 Å². The molecule has 180 valence electrons. The third-order valence-electron chi connectivity index (χ3n) is 5.13. The number of anilines is 2. The molecule has 2 N–H and O–H groups in total. The quantitative estimate of drug-likeness (QED) is 0.559. The lowest BCUT2D eigenvalue weighted by Crippen LogP contribution is -2.55. The van der Waals surface area contributed by atoms with Gasteiger partial charge in [0.15, 0.2) is 5.25 Å². The Morgan fingerprint density at radius 2 is 1.79 bits per heavy atom. The molecule has 0 saturated heterocycles. The summed E-state index contributed by atoms with van der Waals surface area (Å²) in [7, 11) is -4.49. The number of imide groups is 1. The Kier molecular flexibility index (Phi) is 7.67. The van der Waals surface area contributed by atoms with Gasteiger partial charge in [-0.25, -0.2) is 18.2 Å². The molecule has 3 rings (SSSR count). The molecule has 0 saturated carbocycles. The molecule has 2 aromatic rings. The zero-order chi connectivity index (χ0) is 24.9. The van der Waals surface area contributed by atoms with E-state index < -0.39 is 39.7 Å². The smallest absolute Gasteiger partial charge is 0.347 e. The number of aryl methyl sites for hydroxylation is 1. The maximum absolute atomic E-state index is 13.6. The van der Waals surface area contributed by atoms with Crippen LogP contribution in [0.4, 0.5) is 16.2 Å². The van der Waals surface area contributed by atoms with Crippen LogP contribution in [-0.2, 0) is 26.0 Å². The van der Waals surface area contributed by atoms with Crippen LogP contribution in [0.15, 0.2) is 53.5 Å². The Morgan fingerprint density at radius 1 is 1.12 bits per heavy atom. The molecule has 1 unspecified atom stereocenters. The Bertz CT molecular complexity index is 1220. The van der Waals surface area contributed by atoms with Gasteiger partial charge >= 0.3 is 6.03 Å². The van der Waals surface area contributed by atoms with Gasteiger partial charge in [-0.3, -0.25) is 19.2 Å². The van der Waals surface area contributed by atoms with E-state index in [1.165, 1.54) is 19.1 Å². The summed E-state index contributed by atoms with van der Waals surface area (Å²) in [5.41, 5.74) is 1.43. The summed E-state index contributed by atoms with van der Waals surface area (Å²) in [6.07, 6.45) is 0.670. The van der Waals surface area contributed by atoms with Gasteiger partial charge in [-0.15, -0.1) is 0 Å². The maximum Gasteiger partial charge on any atom is 0.347 e. The number of benzene rings is 2. The number of hydrogen-bond donors (Lipinski definition) is 2. The first-order valence-corrected chi connectivity index (χ1v) is 12.2. The van der Waals surface area contributed by atoms with Crippen molar-refractivity contribution in [3.8, 4) is 5.75 Å². The largest absolute Gasteiger partial charge is 0.494 e. The van der Waals surface area contributed by atoms with Gasteiger partial charge in [0.2, 0.25) is 5.91 Å². The van der Waals surface area contributed by atoms with Crippen LogP contribution in [0.1, 0.15) is 26.3 Å². The first-order valence-electron chi connectivity index (χ1n) is 10.7. The minimum atomic E-state index is -4.49. The fourth-order valence-corrected chi connectivity index (χ4v) is 5.34. The molecule has 34 heavy (non-hydrogen) atoms. The van der Waals surface area contributed by atoms with Crippen molar-refractivity contribution in [3.63, 3.8) is 0 Å². The molecule has 4 amide bonds. The van der Waals surface area contributed by atoms with Crippen LogP contribution in [0.2, 0.25) is 0 Å². The van der Waals surface area contributed by atoms with Crippen LogP contribution in [0.5, 0.6) is 5.75 Å². The van der Waals surface area contributed by atoms with Crippen LogP contribution in [0.25, 0.3) is 0 Å². The lowest BCUT2D eigenvalue weighted by Gasteiger charge is -2.29. The van der Waals surface area contributed by atoms with E-state index in [9.17, 15) is 22.8 Å². The van der Waals surface area contributed by atoms with Gasteiger partial charge in [-0.1, -0.05) is 25.1 Å². The molecule has 10 nitrogen and oxygen atoms in total. The lowest BCUT2D eigenvalue weighted by molar-refractivity contribution is -0.119. The van der Waals surface area contributed by atoms with Crippen LogP contribution >= 0.6 is 0 Å². The summed E-state index contributed by atoms with van der Waals surface area (Å²) in [4.78, 5) is 40.5. The Hall–Kier alpha value is -3.73. The number of rotatable bonds is 9. The molecule has 11 heteroatoms. The molecular formula is C23H26N4O6S. The lowest BCUT2D eigenvalue weighted by atomic mass is 10.1. The van der Waals surface area contributed by atoms with Crippen molar-refractivity contribution in [2.75, 3.05) is 22.8 Å². The predicted molar refractivity (Wildman–Crippen MR) is 129 cm³/mol. The number of ether oxygens (including phenoxy) is 1. The average molecular weight is 487 g/mol. The van der Waals surface area contributed by atoms with Crippen molar-refractivity contribution in [1.82, 2.24) is 5.32 Å². The highest BCUT2D eigenvalue weighted by Crippen LogP contribution is 2.26. The number of carbonyl (C=O) groups is 3. The summed E-state index contributed by atoms with van der Waals surface area (Å²) in [5, 5.41) is 2.90. The summed E-state index contributed by atoms with van der Waals surface area (Å²) < 4.78 is 33.4. The number of hydrogen-bond acceptors (Lipinski definition) is 6. The van der Waals surface area contributed by atoms with E-state index in [4.69, 9.17) is 4.74 Å². The number of nitrogens with zero attached hydrogens (tertiary/aromatic N) is 2. The maximum atomic E-state index is 13.6. The number of nitrogens with one attached hydrogen (secondary N) is 2. The Morgan fingerprint density at radius 3 is 2.41 bits per heavy atom. The molecular weight excluding hydrogens is 460 g/mol. The summed E-state index contributed by atoms with van der Waals surface area (Å²) in [6, 6.07) is 12.4. The number of sulfonamides is 1. The predicted octanol–water partition coefficient (Wildman–Crippen LogP) is 2.50. The van der Waals surface area contributed by atoms with Gasteiger partial charge < -0.3 is 10.1 Å². The third-order valence-corrected chi connectivity index (χ3v) is 7.23. The van der Waals surface area contributed by atoms with Gasteiger partial charge in [0.05, 0.1) is 18.0 Å². The zero-order valence-corrected chi connectivity index (χ0v) is 19.9. The second-order valence-electron chi connectivity index (χ2n) is 7.47. The topological polar surface area (TPSA) is 134 Å². The molecule has 0 aromatic heterocycles. The monoisotopic (exact) mass is 486 g/mol. The molecule has 0 spiro atoms. The molecule has 0 fully saturated rings. The normalized spacial score (nSPS) is 15.9. The highest BCUT2D eigenvalue weighted by molar-refractivity contribution is 7.95. The number of carbonyl (C=O) groups excluding carboxylic acids is 3. The van der Waals surface area contributed by atoms with E-state index in [0.717, 1.165) is 9.87 Å². The summed E-state index contributed by atoms with van der Waals surface area (Å²) >= 11 is 0. The van der Waals surface area contributed by atoms with Crippen LogP contribution < -0.4 is 19.7 Å². The van der Waals surface area contributed by atoms with Crippen LogP contribution in [0, 0.1) is 0 Å². The molecule has 1 aliphatic heterocycles. The molecule has 1 aliphatic rings. The van der Waals surface area contributed by atoms with Gasteiger partial charge in [0.1, 0.15) is 12.3 Å². The first-order chi connectivity index (χ1) is 16.2. The molecule has 1 atom stereocenters. The highest BCUT2D eigenvalue weighted by Gasteiger charge is 2.43. The van der Waals surface area contributed by atoms with Crippen molar-refractivity contribution >= 4 is 45.0 Å². The molecule has 0 bridgehead atoms. The first kappa shape index (κ1) is 24.9. The second-order valence-corrected chi connectivity index (χ2v) is 9.41. The standard InChI is InChI=1S/C23H26N4O6S/c1-4-16-8-6-7-9-19(16)25-20(28)14-27(17-10-12-18(13-11-17)33-5-2)34(31,32)21-15(3)24-23(30)26-22(21)29/h6-13,21H,4-5,14H2,1-3H3,(H,25,28)(H,26,29,30). The molecule has 0 radical (unpaired) electrons. The number of para-hydroxylation sites is 1. The van der Waals surface area contributed by atoms with Gasteiger partial charge in [0, 0.05) is 5.69 Å². The fourth-order valence-electron chi connectivity index (χ4n) is 3.56. The van der Waals surface area contributed by atoms with Crippen molar-refractivity contribution in [3.05, 3.63) is 54.1 Å². The van der Waals surface area contributed by atoms with Gasteiger partial charge in [-0.2, -0.15) is 0 Å². The Balaban J connectivity index is 1.98. The van der Waals surface area contributed by atoms with Crippen LogP contribution in [0.3, 0.4) is 0 Å².